The predicted molar refractivity (Wildman–Crippen MR) is 71.7 cm³/mol. The highest BCUT2D eigenvalue weighted by Crippen LogP contribution is 2.25. The van der Waals surface area contributed by atoms with Gasteiger partial charge in [0, 0.05) is 13.1 Å². The van der Waals surface area contributed by atoms with Crippen molar-refractivity contribution >= 4 is 21.4 Å². The second-order valence-electron chi connectivity index (χ2n) is 4.40. The minimum absolute atomic E-state index is 0.00133. The number of piperidine rings is 1. The zero-order valence-corrected chi connectivity index (χ0v) is 12.4. The van der Waals surface area contributed by atoms with Crippen LogP contribution in [0.2, 0.25) is 0 Å². The van der Waals surface area contributed by atoms with Gasteiger partial charge in [0.05, 0.1) is 30.5 Å². The summed E-state index contributed by atoms with van der Waals surface area (Å²) in [6.07, 6.45) is 2.79. The SMILES string of the molecule is Cc1ncc(S(=O)(=O)N2CCC(OCCO)CC2)s1. The lowest BCUT2D eigenvalue weighted by molar-refractivity contribution is 0.00320. The topological polar surface area (TPSA) is 79.7 Å². The van der Waals surface area contributed by atoms with Gasteiger partial charge >= 0.3 is 0 Å². The highest BCUT2D eigenvalue weighted by atomic mass is 32.2. The van der Waals surface area contributed by atoms with Gasteiger partial charge in [-0.3, -0.25) is 0 Å². The van der Waals surface area contributed by atoms with Crippen molar-refractivity contribution in [3.63, 3.8) is 0 Å². The van der Waals surface area contributed by atoms with Crippen LogP contribution in [0.15, 0.2) is 10.4 Å². The number of rotatable bonds is 5. The molecule has 0 atom stereocenters. The van der Waals surface area contributed by atoms with Crippen molar-refractivity contribution in [2.24, 2.45) is 0 Å². The summed E-state index contributed by atoms with van der Waals surface area (Å²) in [5.41, 5.74) is 0. The van der Waals surface area contributed by atoms with Crippen molar-refractivity contribution in [2.75, 3.05) is 26.3 Å². The molecular formula is C11H18N2O4S2. The molecule has 108 valence electrons. The van der Waals surface area contributed by atoms with Crippen molar-refractivity contribution < 1.29 is 18.3 Å². The molecule has 1 aliphatic heterocycles. The van der Waals surface area contributed by atoms with Gasteiger partial charge in [-0.05, 0) is 19.8 Å². The first-order chi connectivity index (χ1) is 9.04. The smallest absolute Gasteiger partial charge is 0.254 e. The zero-order valence-electron chi connectivity index (χ0n) is 10.8. The van der Waals surface area contributed by atoms with Gasteiger partial charge in [-0.2, -0.15) is 4.31 Å². The van der Waals surface area contributed by atoms with Gasteiger partial charge < -0.3 is 9.84 Å². The van der Waals surface area contributed by atoms with Gasteiger partial charge in [0.15, 0.2) is 4.21 Å². The first-order valence-corrected chi connectivity index (χ1v) is 8.44. The van der Waals surface area contributed by atoms with Crippen LogP contribution in [-0.4, -0.2) is 55.2 Å². The maximum atomic E-state index is 12.3. The van der Waals surface area contributed by atoms with Gasteiger partial charge in [0.25, 0.3) is 10.0 Å². The van der Waals surface area contributed by atoms with Gasteiger partial charge in [0.2, 0.25) is 0 Å². The molecule has 6 nitrogen and oxygen atoms in total. The first kappa shape index (κ1) is 14.9. The van der Waals surface area contributed by atoms with Crippen molar-refractivity contribution in [3.05, 3.63) is 11.2 Å². The summed E-state index contributed by atoms with van der Waals surface area (Å²) in [5, 5.41) is 9.44. The van der Waals surface area contributed by atoms with E-state index in [4.69, 9.17) is 9.84 Å². The molecule has 1 aromatic rings. The van der Waals surface area contributed by atoms with E-state index in [-0.39, 0.29) is 12.7 Å². The van der Waals surface area contributed by atoms with Crippen LogP contribution in [-0.2, 0) is 14.8 Å². The molecule has 1 N–H and O–H groups in total. The van der Waals surface area contributed by atoms with E-state index in [1.54, 1.807) is 6.92 Å². The maximum absolute atomic E-state index is 12.3. The molecule has 1 saturated heterocycles. The Bertz CT molecular complexity index is 507. The van der Waals surface area contributed by atoms with Crippen LogP contribution in [0.5, 0.6) is 0 Å². The Hall–Kier alpha value is -0.540. The lowest BCUT2D eigenvalue weighted by Crippen LogP contribution is -2.40. The number of aliphatic hydroxyl groups is 1. The molecular weight excluding hydrogens is 288 g/mol. The molecule has 2 heterocycles. The highest BCUT2D eigenvalue weighted by Gasteiger charge is 2.30. The number of aromatic nitrogens is 1. The number of aryl methyl sites for hydroxylation is 1. The number of hydrogen-bond donors (Lipinski definition) is 1. The standard InChI is InChI=1S/C11H18N2O4S2/c1-9-12-8-11(18-9)19(15,16)13-4-2-10(3-5-13)17-7-6-14/h8,10,14H,2-7H2,1H3. The average Bonchev–Trinajstić information content (AvgIpc) is 2.84. The molecule has 1 aromatic heterocycles. The fourth-order valence-electron chi connectivity index (χ4n) is 2.05. The molecule has 1 aliphatic rings. The molecule has 19 heavy (non-hydrogen) atoms. The monoisotopic (exact) mass is 306 g/mol. The van der Waals surface area contributed by atoms with E-state index in [1.807, 2.05) is 0 Å². The van der Waals surface area contributed by atoms with E-state index in [9.17, 15) is 8.42 Å². The fourth-order valence-corrected chi connectivity index (χ4v) is 4.78. The second kappa shape index (κ2) is 6.27. The minimum atomic E-state index is -3.40. The summed E-state index contributed by atoms with van der Waals surface area (Å²) in [6, 6.07) is 0. The number of sulfonamides is 1. The van der Waals surface area contributed by atoms with E-state index in [0.717, 1.165) is 5.01 Å². The van der Waals surface area contributed by atoms with E-state index in [1.165, 1.54) is 21.8 Å². The third kappa shape index (κ3) is 3.51. The number of aliphatic hydroxyl groups excluding tert-OH is 1. The summed E-state index contributed by atoms with van der Waals surface area (Å²) < 4.78 is 31.9. The Balaban J connectivity index is 1.97. The molecule has 8 heteroatoms. The lowest BCUT2D eigenvalue weighted by atomic mass is 10.1. The Morgan fingerprint density at radius 3 is 2.74 bits per heavy atom. The Kier molecular flexibility index (Phi) is 4.91. The van der Waals surface area contributed by atoms with E-state index in [0.29, 0.717) is 36.7 Å². The largest absolute Gasteiger partial charge is 0.394 e. The number of ether oxygens (including phenoxy) is 1. The third-order valence-corrected chi connectivity index (χ3v) is 6.29. The molecule has 0 radical (unpaired) electrons. The van der Waals surface area contributed by atoms with Crippen LogP contribution >= 0.6 is 11.3 Å². The molecule has 0 spiro atoms. The molecule has 2 rings (SSSR count). The van der Waals surface area contributed by atoms with Crippen LogP contribution in [0.25, 0.3) is 0 Å². The molecule has 0 amide bonds. The Labute approximate surface area is 117 Å². The van der Waals surface area contributed by atoms with Gasteiger partial charge in [-0.25, -0.2) is 13.4 Å². The minimum Gasteiger partial charge on any atom is -0.394 e. The van der Waals surface area contributed by atoms with Gasteiger partial charge in [-0.1, -0.05) is 0 Å². The summed E-state index contributed by atoms with van der Waals surface area (Å²) in [6.45, 7) is 3.01. The summed E-state index contributed by atoms with van der Waals surface area (Å²) in [4.78, 5) is 3.99. The molecule has 0 aliphatic carbocycles. The van der Waals surface area contributed by atoms with E-state index >= 15 is 0 Å². The summed E-state index contributed by atoms with van der Waals surface area (Å²) in [5.74, 6) is 0. The van der Waals surface area contributed by atoms with Crippen LogP contribution in [0, 0.1) is 6.92 Å². The predicted octanol–water partition coefficient (Wildman–Crippen LogP) is 0.614. The van der Waals surface area contributed by atoms with Gasteiger partial charge in [-0.15, -0.1) is 11.3 Å². The Morgan fingerprint density at radius 1 is 1.53 bits per heavy atom. The molecule has 0 aromatic carbocycles. The zero-order chi connectivity index (χ0) is 13.9. The normalized spacial score (nSPS) is 18.8. The van der Waals surface area contributed by atoms with Crippen LogP contribution in [0.4, 0.5) is 0 Å². The number of hydrogen-bond acceptors (Lipinski definition) is 6. The molecule has 0 unspecified atom stereocenters. The molecule has 0 bridgehead atoms. The molecule has 0 saturated carbocycles. The van der Waals surface area contributed by atoms with Crippen LogP contribution in [0.3, 0.4) is 0 Å². The van der Waals surface area contributed by atoms with Crippen molar-refractivity contribution in [1.82, 2.24) is 9.29 Å². The van der Waals surface area contributed by atoms with Gasteiger partial charge in [0.1, 0.15) is 0 Å². The lowest BCUT2D eigenvalue weighted by Gasteiger charge is -2.30. The Morgan fingerprint density at radius 2 is 2.21 bits per heavy atom. The number of thiazole rings is 1. The first-order valence-electron chi connectivity index (χ1n) is 6.19. The summed E-state index contributed by atoms with van der Waals surface area (Å²) in [7, 11) is -3.40. The maximum Gasteiger partial charge on any atom is 0.254 e. The van der Waals surface area contributed by atoms with E-state index < -0.39 is 10.0 Å². The quantitative estimate of drug-likeness (QED) is 0.862. The fraction of sp³-hybridized carbons (Fsp3) is 0.727. The average molecular weight is 306 g/mol. The second-order valence-corrected chi connectivity index (χ2v) is 7.80. The van der Waals surface area contributed by atoms with E-state index in [2.05, 4.69) is 4.98 Å². The van der Waals surface area contributed by atoms with Crippen molar-refractivity contribution in [3.8, 4) is 0 Å². The van der Waals surface area contributed by atoms with Crippen LogP contribution in [0.1, 0.15) is 17.8 Å². The summed E-state index contributed by atoms with van der Waals surface area (Å²) >= 11 is 1.20. The number of nitrogens with zero attached hydrogens (tertiary/aromatic N) is 2. The van der Waals surface area contributed by atoms with Crippen LogP contribution < -0.4 is 0 Å². The third-order valence-electron chi connectivity index (χ3n) is 3.04. The molecule has 1 fully saturated rings. The highest BCUT2D eigenvalue weighted by molar-refractivity contribution is 7.91. The van der Waals surface area contributed by atoms with Crippen molar-refractivity contribution in [2.45, 2.75) is 30.1 Å². The van der Waals surface area contributed by atoms with Crippen molar-refractivity contribution in [1.29, 1.82) is 0 Å².